The molecule has 0 aliphatic carbocycles. The van der Waals surface area contributed by atoms with Crippen LogP contribution < -0.4 is 9.62 Å². The maximum atomic E-state index is 14.4. The SMILES string of the molecule is CCCNC(=O)[C@@H](Cc1ccccc1)N(Cc1ccccc1Cl)C(=O)CN(c1cccc(C)c1)S(=O)(=O)c1ccccc1. The zero-order chi connectivity index (χ0) is 30.8. The summed E-state index contributed by atoms with van der Waals surface area (Å²) in [5.41, 5.74) is 2.70. The number of sulfonamides is 1. The summed E-state index contributed by atoms with van der Waals surface area (Å²) in [7, 11) is -4.14. The Hall–Kier alpha value is -4.14. The highest BCUT2D eigenvalue weighted by atomic mass is 35.5. The Balaban J connectivity index is 1.80. The molecule has 43 heavy (non-hydrogen) atoms. The number of halogens is 1. The van der Waals surface area contributed by atoms with Gasteiger partial charge in [0, 0.05) is 24.5 Å². The van der Waals surface area contributed by atoms with Gasteiger partial charge in [0.1, 0.15) is 12.6 Å². The van der Waals surface area contributed by atoms with Gasteiger partial charge in [-0.15, -0.1) is 0 Å². The summed E-state index contributed by atoms with van der Waals surface area (Å²) in [6.07, 6.45) is 0.959. The second-order valence-electron chi connectivity index (χ2n) is 10.3. The van der Waals surface area contributed by atoms with E-state index < -0.39 is 28.5 Å². The van der Waals surface area contributed by atoms with Crippen molar-refractivity contribution in [3.05, 3.63) is 131 Å². The molecule has 1 atom stereocenters. The van der Waals surface area contributed by atoms with E-state index in [0.29, 0.717) is 22.8 Å². The zero-order valence-electron chi connectivity index (χ0n) is 24.3. The quantitative estimate of drug-likeness (QED) is 0.199. The van der Waals surface area contributed by atoms with Crippen LogP contribution in [-0.2, 0) is 32.6 Å². The molecule has 0 aliphatic rings. The number of benzene rings is 4. The van der Waals surface area contributed by atoms with E-state index in [1.807, 2.05) is 56.3 Å². The minimum atomic E-state index is -4.14. The van der Waals surface area contributed by atoms with Gasteiger partial charge >= 0.3 is 0 Å². The van der Waals surface area contributed by atoms with Crippen molar-refractivity contribution >= 4 is 39.1 Å². The highest BCUT2D eigenvalue weighted by molar-refractivity contribution is 7.92. The standard InChI is InChI=1S/C34H36ClN3O4S/c1-3-21-36-34(40)32(23-27-14-6-4-7-15-27)37(24-28-16-10-11-20-31(28)35)33(39)25-38(29-17-12-13-26(2)22-29)43(41,42)30-18-8-5-9-19-30/h4-20,22,32H,3,21,23-25H2,1-2H3,(H,36,40)/t32-/m1/s1. The number of nitrogens with one attached hydrogen (secondary N) is 1. The van der Waals surface area contributed by atoms with E-state index >= 15 is 0 Å². The maximum Gasteiger partial charge on any atom is 0.264 e. The van der Waals surface area contributed by atoms with Gasteiger partial charge in [0.15, 0.2) is 0 Å². The summed E-state index contributed by atoms with van der Waals surface area (Å²) in [6.45, 7) is 3.75. The van der Waals surface area contributed by atoms with Gasteiger partial charge in [-0.3, -0.25) is 13.9 Å². The Kier molecular flexibility index (Phi) is 11.0. The van der Waals surface area contributed by atoms with Crippen LogP contribution in [0.15, 0.2) is 114 Å². The maximum absolute atomic E-state index is 14.4. The van der Waals surface area contributed by atoms with Crippen molar-refractivity contribution in [2.75, 3.05) is 17.4 Å². The summed E-state index contributed by atoms with van der Waals surface area (Å²) >= 11 is 6.53. The molecule has 0 radical (unpaired) electrons. The molecule has 0 aliphatic heterocycles. The summed E-state index contributed by atoms with van der Waals surface area (Å²) in [5.74, 6) is -0.854. The van der Waals surface area contributed by atoms with Crippen LogP contribution in [0, 0.1) is 6.92 Å². The predicted octanol–water partition coefficient (Wildman–Crippen LogP) is 6.01. The normalized spacial score (nSPS) is 11.9. The summed E-state index contributed by atoms with van der Waals surface area (Å²) in [6, 6.07) is 30.6. The molecule has 0 fully saturated rings. The van der Waals surface area contributed by atoms with E-state index in [1.165, 1.54) is 17.0 Å². The van der Waals surface area contributed by atoms with Gasteiger partial charge in [-0.25, -0.2) is 8.42 Å². The van der Waals surface area contributed by atoms with Crippen molar-refractivity contribution < 1.29 is 18.0 Å². The number of hydrogen-bond acceptors (Lipinski definition) is 4. The molecule has 0 saturated carbocycles. The van der Waals surface area contributed by atoms with E-state index in [0.717, 1.165) is 21.9 Å². The molecule has 0 spiro atoms. The lowest BCUT2D eigenvalue weighted by molar-refractivity contribution is -0.140. The Morgan fingerprint density at radius 3 is 2.16 bits per heavy atom. The average molecular weight is 618 g/mol. The fraction of sp³-hybridized carbons (Fsp3) is 0.235. The van der Waals surface area contributed by atoms with Gasteiger partial charge in [-0.05, 0) is 60.4 Å². The molecule has 0 saturated heterocycles. The van der Waals surface area contributed by atoms with Crippen LogP contribution >= 0.6 is 11.6 Å². The van der Waals surface area contributed by atoms with E-state index in [4.69, 9.17) is 11.6 Å². The Morgan fingerprint density at radius 1 is 0.860 bits per heavy atom. The molecule has 0 unspecified atom stereocenters. The Labute approximate surface area is 259 Å². The summed E-state index contributed by atoms with van der Waals surface area (Å²) < 4.78 is 29.1. The van der Waals surface area contributed by atoms with Crippen LogP contribution in [0.1, 0.15) is 30.0 Å². The highest BCUT2D eigenvalue weighted by Gasteiger charge is 2.34. The van der Waals surface area contributed by atoms with Gasteiger partial charge in [0.05, 0.1) is 10.6 Å². The molecule has 1 N–H and O–H groups in total. The number of nitrogens with zero attached hydrogens (tertiary/aromatic N) is 2. The van der Waals surface area contributed by atoms with Crippen molar-refractivity contribution in [3.63, 3.8) is 0 Å². The number of carbonyl (C=O) groups excluding carboxylic acids is 2. The number of amides is 2. The number of rotatable bonds is 13. The van der Waals surface area contributed by atoms with Crippen molar-refractivity contribution in [1.29, 1.82) is 0 Å². The van der Waals surface area contributed by atoms with Crippen LogP contribution in [0.2, 0.25) is 5.02 Å². The van der Waals surface area contributed by atoms with E-state index in [-0.39, 0.29) is 23.8 Å². The molecule has 224 valence electrons. The van der Waals surface area contributed by atoms with Crippen molar-refractivity contribution in [1.82, 2.24) is 10.2 Å². The summed E-state index contributed by atoms with van der Waals surface area (Å²) in [4.78, 5) is 29.6. The van der Waals surface area contributed by atoms with Crippen LogP contribution in [0.25, 0.3) is 0 Å². The molecule has 4 rings (SSSR count). The number of aryl methyl sites for hydroxylation is 1. The minimum Gasteiger partial charge on any atom is -0.354 e. The zero-order valence-corrected chi connectivity index (χ0v) is 25.9. The first kappa shape index (κ1) is 31.8. The molecule has 4 aromatic carbocycles. The molecule has 4 aromatic rings. The van der Waals surface area contributed by atoms with Gasteiger partial charge in [0.25, 0.3) is 10.0 Å². The molecule has 7 nitrogen and oxygen atoms in total. The Morgan fingerprint density at radius 2 is 1.51 bits per heavy atom. The first-order valence-electron chi connectivity index (χ1n) is 14.2. The lowest BCUT2D eigenvalue weighted by Crippen LogP contribution is -2.53. The molecule has 0 heterocycles. The van der Waals surface area contributed by atoms with Gasteiger partial charge in [-0.2, -0.15) is 0 Å². The van der Waals surface area contributed by atoms with Crippen LogP contribution in [-0.4, -0.2) is 44.3 Å². The lowest BCUT2D eigenvalue weighted by atomic mass is 10.0. The van der Waals surface area contributed by atoms with Crippen molar-refractivity contribution in [2.45, 2.75) is 44.2 Å². The number of carbonyl (C=O) groups is 2. The monoisotopic (exact) mass is 617 g/mol. The number of hydrogen-bond donors (Lipinski definition) is 1. The lowest BCUT2D eigenvalue weighted by Gasteiger charge is -2.34. The first-order valence-corrected chi connectivity index (χ1v) is 16.0. The van der Waals surface area contributed by atoms with E-state index in [9.17, 15) is 18.0 Å². The summed E-state index contributed by atoms with van der Waals surface area (Å²) in [5, 5.41) is 3.38. The topological polar surface area (TPSA) is 86.8 Å². The van der Waals surface area contributed by atoms with Crippen LogP contribution in [0.4, 0.5) is 5.69 Å². The molecular formula is C34H36ClN3O4S. The minimum absolute atomic E-state index is 0.0165. The largest absolute Gasteiger partial charge is 0.354 e. The third-order valence-corrected chi connectivity index (χ3v) is 9.18. The second-order valence-corrected chi connectivity index (χ2v) is 12.5. The van der Waals surface area contributed by atoms with E-state index in [1.54, 1.807) is 54.6 Å². The first-order chi connectivity index (χ1) is 20.7. The van der Waals surface area contributed by atoms with Gasteiger partial charge in [0.2, 0.25) is 11.8 Å². The smallest absolute Gasteiger partial charge is 0.264 e. The van der Waals surface area contributed by atoms with Crippen molar-refractivity contribution in [2.24, 2.45) is 0 Å². The molecular weight excluding hydrogens is 582 g/mol. The highest BCUT2D eigenvalue weighted by Crippen LogP contribution is 2.26. The molecule has 2 amide bonds. The van der Waals surface area contributed by atoms with Gasteiger partial charge < -0.3 is 10.2 Å². The van der Waals surface area contributed by atoms with Crippen LogP contribution in [0.5, 0.6) is 0 Å². The second kappa shape index (κ2) is 14.8. The Bertz CT molecular complexity index is 1630. The predicted molar refractivity (Wildman–Crippen MR) is 171 cm³/mol. The molecule has 0 aromatic heterocycles. The average Bonchev–Trinajstić information content (AvgIpc) is 3.02. The van der Waals surface area contributed by atoms with Gasteiger partial charge in [-0.1, -0.05) is 97.4 Å². The fourth-order valence-corrected chi connectivity index (χ4v) is 6.38. The third kappa shape index (κ3) is 8.24. The van der Waals surface area contributed by atoms with Crippen molar-refractivity contribution in [3.8, 4) is 0 Å². The third-order valence-electron chi connectivity index (χ3n) is 7.02. The molecule has 9 heteroatoms. The molecule has 0 bridgehead atoms. The number of anilines is 1. The van der Waals surface area contributed by atoms with Crippen LogP contribution in [0.3, 0.4) is 0 Å². The van der Waals surface area contributed by atoms with E-state index in [2.05, 4.69) is 5.32 Å². The fourth-order valence-electron chi connectivity index (χ4n) is 4.76.